The Balaban J connectivity index is 1.78. The van der Waals surface area contributed by atoms with Crippen molar-refractivity contribution in [3.8, 4) is 0 Å². The fourth-order valence-corrected chi connectivity index (χ4v) is 2.35. The Kier molecular flexibility index (Phi) is 3.62. The third-order valence-corrected chi connectivity index (χ3v) is 3.63. The highest BCUT2D eigenvalue weighted by Gasteiger charge is 2.13. The van der Waals surface area contributed by atoms with Crippen molar-refractivity contribution in [3.05, 3.63) is 64.3 Å². The van der Waals surface area contributed by atoms with Crippen LogP contribution in [0.25, 0.3) is 10.9 Å². The van der Waals surface area contributed by atoms with E-state index < -0.39 is 0 Å². The van der Waals surface area contributed by atoms with E-state index in [1.165, 1.54) is 0 Å². The van der Waals surface area contributed by atoms with Crippen molar-refractivity contribution in [1.82, 2.24) is 15.5 Å². The van der Waals surface area contributed by atoms with E-state index in [2.05, 4.69) is 15.5 Å². The molecule has 3 aromatic rings. The van der Waals surface area contributed by atoms with E-state index in [0.29, 0.717) is 17.3 Å². The van der Waals surface area contributed by atoms with Crippen LogP contribution in [-0.2, 0) is 6.54 Å². The molecule has 2 N–H and O–H groups in total. The number of amides is 1. The van der Waals surface area contributed by atoms with Crippen molar-refractivity contribution in [2.45, 2.75) is 13.5 Å². The molecule has 1 aromatic heterocycles. The number of carbonyl (C=O) groups is 1. The zero-order valence-electron chi connectivity index (χ0n) is 11.5. The Bertz CT molecular complexity index is 793. The second-order valence-corrected chi connectivity index (χ2v) is 5.32. The number of fused-ring (bicyclic) bond motifs is 1. The Morgan fingerprint density at radius 1 is 1.24 bits per heavy atom. The first-order valence-corrected chi connectivity index (χ1v) is 6.99. The molecule has 0 fully saturated rings. The van der Waals surface area contributed by atoms with Crippen molar-refractivity contribution in [2.75, 3.05) is 0 Å². The molecule has 1 amide bonds. The minimum absolute atomic E-state index is 0.168. The molecule has 0 unspecified atom stereocenters. The molecule has 0 spiro atoms. The van der Waals surface area contributed by atoms with Crippen LogP contribution >= 0.6 is 11.6 Å². The van der Waals surface area contributed by atoms with Gasteiger partial charge in [-0.3, -0.25) is 9.89 Å². The molecule has 0 saturated carbocycles. The Hall–Kier alpha value is -2.33. The molecule has 0 bridgehead atoms. The van der Waals surface area contributed by atoms with Crippen LogP contribution in [-0.4, -0.2) is 16.1 Å². The molecule has 0 aliphatic rings. The summed E-state index contributed by atoms with van der Waals surface area (Å²) in [4.78, 5) is 12.3. The number of carbonyl (C=O) groups excluding carboxylic acids is 1. The maximum absolute atomic E-state index is 12.3. The first kappa shape index (κ1) is 13.6. The maximum atomic E-state index is 12.3. The van der Waals surface area contributed by atoms with Crippen LogP contribution in [0, 0.1) is 6.92 Å². The van der Waals surface area contributed by atoms with Crippen molar-refractivity contribution in [3.63, 3.8) is 0 Å². The van der Waals surface area contributed by atoms with E-state index in [-0.39, 0.29) is 5.91 Å². The molecule has 0 atom stereocenters. The van der Waals surface area contributed by atoms with Gasteiger partial charge in [0.15, 0.2) is 0 Å². The number of benzene rings is 2. The van der Waals surface area contributed by atoms with Crippen molar-refractivity contribution < 1.29 is 4.79 Å². The number of hydrogen-bond donors (Lipinski definition) is 2. The lowest BCUT2D eigenvalue weighted by molar-refractivity contribution is 0.0947. The zero-order chi connectivity index (χ0) is 14.8. The highest BCUT2D eigenvalue weighted by molar-refractivity contribution is 6.30. The van der Waals surface area contributed by atoms with Crippen molar-refractivity contribution >= 4 is 28.4 Å². The topological polar surface area (TPSA) is 57.8 Å². The molecule has 0 radical (unpaired) electrons. The number of H-pyrrole nitrogens is 1. The normalized spacial score (nSPS) is 10.8. The number of aryl methyl sites for hydroxylation is 1. The maximum Gasteiger partial charge on any atom is 0.270 e. The smallest absolute Gasteiger partial charge is 0.270 e. The second-order valence-electron chi connectivity index (χ2n) is 4.88. The summed E-state index contributed by atoms with van der Waals surface area (Å²) in [5.41, 5.74) is 3.35. The third kappa shape index (κ3) is 2.76. The first-order valence-electron chi connectivity index (χ1n) is 6.61. The fraction of sp³-hybridized carbons (Fsp3) is 0.125. The SMILES string of the molecule is Cc1cccc2c(C(=O)NCc3ccc(Cl)cc3)[nH]nc12. The molecule has 3 rings (SSSR count). The van der Waals surface area contributed by atoms with Gasteiger partial charge >= 0.3 is 0 Å². The van der Waals surface area contributed by atoms with Crippen LogP contribution in [0.15, 0.2) is 42.5 Å². The molecule has 0 aliphatic carbocycles. The first-order chi connectivity index (χ1) is 10.1. The molecular weight excluding hydrogens is 286 g/mol. The van der Waals surface area contributed by atoms with Gasteiger partial charge in [0.1, 0.15) is 5.69 Å². The molecule has 21 heavy (non-hydrogen) atoms. The van der Waals surface area contributed by atoms with E-state index in [4.69, 9.17) is 11.6 Å². The molecule has 4 nitrogen and oxygen atoms in total. The number of aromatic amines is 1. The minimum Gasteiger partial charge on any atom is -0.347 e. The molecular formula is C16H14ClN3O. The monoisotopic (exact) mass is 299 g/mol. The third-order valence-electron chi connectivity index (χ3n) is 3.38. The minimum atomic E-state index is -0.168. The summed E-state index contributed by atoms with van der Waals surface area (Å²) in [6.45, 7) is 2.42. The average Bonchev–Trinajstić information content (AvgIpc) is 2.92. The molecule has 0 saturated heterocycles. The van der Waals surface area contributed by atoms with Gasteiger partial charge in [-0.15, -0.1) is 0 Å². The largest absolute Gasteiger partial charge is 0.347 e. The lowest BCUT2D eigenvalue weighted by Gasteiger charge is -2.04. The summed E-state index contributed by atoms with van der Waals surface area (Å²) in [5.74, 6) is -0.168. The lowest BCUT2D eigenvalue weighted by atomic mass is 10.1. The Morgan fingerprint density at radius 3 is 2.76 bits per heavy atom. The van der Waals surface area contributed by atoms with Crippen LogP contribution in [0.3, 0.4) is 0 Å². The number of rotatable bonds is 3. The summed E-state index contributed by atoms with van der Waals surface area (Å²) in [6, 6.07) is 13.2. The molecule has 5 heteroatoms. The molecule has 2 aromatic carbocycles. The van der Waals surface area contributed by atoms with Gasteiger partial charge in [-0.1, -0.05) is 41.9 Å². The van der Waals surface area contributed by atoms with E-state index in [1.807, 2.05) is 37.3 Å². The number of hydrogen-bond acceptors (Lipinski definition) is 2. The Morgan fingerprint density at radius 2 is 2.00 bits per heavy atom. The van der Waals surface area contributed by atoms with E-state index in [0.717, 1.165) is 22.0 Å². The Labute approximate surface area is 127 Å². The van der Waals surface area contributed by atoms with Gasteiger partial charge in [0.2, 0.25) is 0 Å². The van der Waals surface area contributed by atoms with E-state index >= 15 is 0 Å². The van der Waals surface area contributed by atoms with Gasteiger partial charge in [0.25, 0.3) is 5.91 Å². The van der Waals surface area contributed by atoms with E-state index in [1.54, 1.807) is 12.1 Å². The summed E-state index contributed by atoms with van der Waals surface area (Å²) >= 11 is 5.84. The van der Waals surface area contributed by atoms with Gasteiger partial charge in [0, 0.05) is 17.0 Å². The highest BCUT2D eigenvalue weighted by Crippen LogP contribution is 2.19. The number of aromatic nitrogens is 2. The molecule has 0 aliphatic heterocycles. The standard InChI is InChI=1S/C16H14ClN3O/c1-10-3-2-4-13-14(10)19-20-15(13)16(21)18-9-11-5-7-12(17)8-6-11/h2-8H,9H2,1H3,(H,18,21)(H,19,20). The van der Waals surface area contributed by atoms with Crippen LogP contribution < -0.4 is 5.32 Å². The van der Waals surface area contributed by atoms with Crippen molar-refractivity contribution in [2.24, 2.45) is 0 Å². The summed E-state index contributed by atoms with van der Waals surface area (Å²) in [7, 11) is 0. The number of nitrogens with zero attached hydrogens (tertiary/aromatic N) is 1. The van der Waals surface area contributed by atoms with Gasteiger partial charge in [-0.2, -0.15) is 5.10 Å². The van der Waals surface area contributed by atoms with Crippen LogP contribution in [0.5, 0.6) is 0 Å². The molecule has 1 heterocycles. The molecule has 106 valence electrons. The zero-order valence-corrected chi connectivity index (χ0v) is 12.2. The van der Waals surface area contributed by atoms with Gasteiger partial charge in [-0.05, 0) is 30.2 Å². The highest BCUT2D eigenvalue weighted by atomic mass is 35.5. The lowest BCUT2D eigenvalue weighted by Crippen LogP contribution is -2.23. The van der Waals surface area contributed by atoms with Crippen LogP contribution in [0.2, 0.25) is 5.02 Å². The predicted octanol–water partition coefficient (Wildman–Crippen LogP) is 3.45. The van der Waals surface area contributed by atoms with Gasteiger partial charge in [-0.25, -0.2) is 0 Å². The van der Waals surface area contributed by atoms with Gasteiger partial charge in [0.05, 0.1) is 5.52 Å². The predicted molar refractivity (Wildman–Crippen MR) is 83.5 cm³/mol. The van der Waals surface area contributed by atoms with Crippen molar-refractivity contribution in [1.29, 1.82) is 0 Å². The number of halogens is 1. The quantitative estimate of drug-likeness (QED) is 0.778. The summed E-state index contributed by atoms with van der Waals surface area (Å²) in [6.07, 6.45) is 0. The number of nitrogens with one attached hydrogen (secondary N) is 2. The number of para-hydroxylation sites is 1. The second kappa shape index (κ2) is 5.58. The van der Waals surface area contributed by atoms with Gasteiger partial charge < -0.3 is 5.32 Å². The van der Waals surface area contributed by atoms with Crippen LogP contribution in [0.4, 0.5) is 0 Å². The summed E-state index contributed by atoms with van der Waals surface area (Å²) < 4.78 is 0. The summed E-state index contributed by atoms with van der Waals surface area (Å²) in [5, 5.41) is 11.4. The van der Waals surface area contributed by atoms with Crippen LogP contribution in [0.1, 0.15) is 21.6 Å². The van der Waals surface area contributed by atoms with E-state index in [9.17, 15) is 4.79 Å². The fourth-order valence-electron chi connectivity index (χ4n) is 2.23. The average molecular weight is 300 g/mol.